The van der Waals surface area contributed by atoms with Crippen molar-refractivity contribution in [2.45, 2.75) is 38.1 Å². The fourth-order valence-corrected chi connectivity index (χ4v) is 3.74. The third-order valence-electron chi connectivity index (χ3n) is 3.49. The Morgan fingerprint density at radius 3 is 2.35 bits per heavy atom. The van der Waals surface area contributed by atoms with Gasteiger partial charge in [0.25, 0.3) is 0 Å². The smallest absolute Gasteiger partial charge is 0.316 e. The molecule has 1 aliphatic rings. The SMILES string of the molecule is CC(=[OH+])/C=C(/C)O.CC1(C)N=C(c2[c-]cccc2)Sc2ccccc21.[Ir]. The van der Waals surface area contributed by atoms with E-state index in [0.29, 0.717) is 0 Å². The molecule has 0 fully saturated rings. The Bertz CT molecular complexity index is 810. The molecule has 1 heterocycles. The van der Waals surface area contributed by atoms with Crippen LogP contribution in [0.15, 0.2) is 70.3 Å². The summed E-state index contributed by atoms with van der Waals surface area (Å²) in [5.41, 5.74) is 2.21. The van der Waals surface area contributed by atoms with Crippen LogP contribution in [0.2, 0.25) is 0 Å². The molecule has 0 aliphatic carbocycles. The number of hydrogen-bond donors (Lipinski definition) is 1. The van der Waals surface area contributed by atoms with Crippen molar-refractivity contribution in [3.63, 3.8) is 0 Å². The second-order valence-corrected chi connectivity index (χ2v) is 7.31. The van der Waals surface area contributed by atoms with Gasteiger partial charge in [-0.1, -0.05) is 18.2 Å². The molecule has 2 aromatic carbocycles. The number of ketones is 1. The van der Waals surface area contributed by atoms with Gasteiger partial charge in [0.15, 0.2) is 0 Å². The molecule has 3 rings (SSSR count). The standard InChI is InChI=1S/C16H14NS.C5H8O2.Ir/c1-16(2)13-10-6-7-11-14(13)18-15(17-16)12-8-4-3-5-9-12;1-4(6)3-5(2)7;/h3-8,10-11H,1-2H3;3,6H,1-2H3;/q-1;;/p+1/b;4-3-;. The number of nitrogens with zero attached hydrogens (tertiary/aromatic N) is 1. The summed E-state index contributed by atoms with van der Waals surface area (Å²) in [6.45, 7) is 7.32. The molecule has 1 aliphatic heterocycles. The van der Waals surface area contributed by atoms with Gasteiger partial charge < -0.3 is 10.1 Å². The van der Waals surface area contributed by atoms with Crippen LogP contribution in [0.3, 0.4) is 0 Å². The van der Waals surface area contributed by atoms with Gasteiger partial charge in [-0.15, -0.1) is 47.7 Å². The minimum atomic E-state index is -0.166. The van der Waals surface area contributed by atoms with Crippen LogP contribution in [0.25, 0.3) is 0 Å². The molecule has 0 atom stereocenters. The quantitative estimate of drug-likeness (QED) is 0.242. The van der Waals surface area contributed by atoms with E-state index in [1.807, 2.05) is 18.2 Å². The largest absolute Gasteiger partial charge is 0.512 e. The van der Waals surface area contributed by atoms with E-state index < -0.39 is 0 Å². The zero-order valence-corrected chi connectivity index (χ0v) is 18.5. The fraction of sp³-hybridized carbons (Fsp3) is 0.238. The molecule has 1 radical (unpaired) electrons. The predicted molar refractivity (Wildman–Crippen MR) is 106 cm³/mol. The van der Waals surface area contributed by atoms with Crippen molar-refractivity contribution in [2.75, 3.05) is 0 Å². The van der Waals surface area contributed by atoms with Crippen molar-refractivity contribution in [2.24, 2.45) is 4.99 Å². The van der Waals surface area contributed by atoms with Crippen molar-refractivity contribution in [1.29, 1.82) is 0 Å². The molecule has 0 saturated heterocycles. The monoisotopic (exact) mass is 546 g/mol. The topological polar surface area (TPSA) is 54.0 Å². The Morgan fingerprint density at radius 2 is 1.81 bits per heavy atom. The molecule has 0 saturated carbocycles. The number of aliphatic imine (C=N–C) groups is 1. The van der Waals surface area contributed by atoms with Crippen LogP contribution in [0, 0.1) is 6.07 Å². The second-order valence-electron chi connectivity index (χ2n) is 6.28. The van der Waals surface area contributed by atoms with Crippen LogP contribution in [-0.4, -0.2) is 20.7 Å². The van der Waals surface area contributed by atoms with Gasteiger partial charge in [-0.25, -0.2) is 0 Å². The van der Waals surface area contributed by atoms with E-state index in [1.165, 1.54) is 30.4 Å². The zero-order valence-electron chi connectivity index (χ0n) is 15.3. The second kappa shape index (κ2) is 9.86. The van der Waals surface area contributed by atoms with Crippen molar-refractivity contribution in [3.8, 4) is 0 Å². The molecule has 0 amide bonds. The third-order valence-corrected chi connectivity index (χ3v) is 4.57. The number of hydrogen-bond acceptors (Lipinski definition) is 3. The molecule has 0 spiro atoms. The van der Waals surface area contributed by atoms with Crippen molar-refractivity contribution in [3.05, 3.63) is 77.6 Å². The van der Waals surface area contributed by atoms with Gasteiger partial charge in [0, 0.05) is 30.0 Å². The molecule has 3 nitrogen and oxygen atoms in total. The van der Waals surface area contributed by atoms with Gasteiger partial charge in [0.2, 0.25) is 0 Å². The average molecular weight is 546 g/mol. The van der Waals surface area contributed by atoms with Gasteiger partial charge in [-0.2, -0.15) is 0 Å². The van der Waals surface area contributed by atoms with Crippen LogP contribution in [0.1, 0.15) is 38.8 Å². The maximum Gasteiger partial charge on any atom is 0.316 e. The Hall–Kier alpha value is -1.68. The number of benzene rings is 2. The zero-order chi connectivity index (χ0) is 18.4. The van der Waals surface area contributed by atoms with Crippen molar-refractivity contribution in [1.82, 2.24) is 0 Å². The van der Waals surface area contributed by atoms with Crippen LogP contribution in [0.5, 0.6) is 0 Å². The maximum absolute atomic E-state index is 8.40. The molecule has 0 bridgehead atoms. The van der Waals surface area contributed by atoms with E-state index in [2.05, 4.69) is 50.2 Å². The summed E-state index contributed by atoms with van der Waals surface area (Å²) in [5.74, 6) is 0.250. The summed E-state index contributed by atoms with van der Waals surface area (Å²) >= 11 is 1.73. The molecule has 139 valence electrons. The summed E-state index contributed by atoms with van der Waals surface area (Å²) in [5, 5.41) is 9.46. The number of fused-ring (bicyclic) bond motifs is 1. The molecule has 0 unspecified atom stereocenters. The normalized spacial score (nSPS) is 14.8. The predicted octanol–water partition coefficient (Wildman–Crippen LogP) is 5.28. The minimum Gasteiger partial charge on any atom is -0.512 e. The van der Waals surface area contributed by atoms with Crippen molar-refractivity contribution >= 4 is 22.6 Å². The summed E-state index contributed by atoms with van der Waals surface area (Å²) in [6, 6.07) is 19.8. The van der Waals surface area contributed by atoms with E-state index in [4.69, 9.17) is 14.9 Å². The first-order valence-corrected chi connectivity index (χ1v) is 8.85. The van der Waals surface area contributed by atoms with Gasteiger partial charge in [-0.3, -0.25) is 4.79 Å². The van der Waals surface area contributed by atoms with Gasteiger partial charge >= 0.3 is 5.78 Å². The van der Waals surface area contributed by atoms with Gasteiger partial charge in [0.05, 0.1) is 24.3 Å². The number of aliphatic hydroxyl groups excluding tert-OH is 1. The molecule has 0 aromatic heterocycles. The first kappa shape index (κ1) is 22.4. The molecule has 2 aromatic rings. The van der Waals surface area contributed by atoms with Gasteiger partial charge in [-0.05, 0) is 32.4 Å². The molecule has 5 heteroatoms. The Balaban J connectivity index is 0.000000366. The van der Waals surface area contributed by atoms with E-state index in [1.54, 1.807) is 11.8 Å². The summed E-state index contributed by atoms with van der Waals surface area (Å²) < 4.78 is 0. The third kappa shape index (κ3) is 6.24. The van der Waals surface area contributed by atoms with E-state index >= 15 is 0 Å². The van der Waals surface area contributed by atoms with E-state index in [9.17, 15) is 0 Å². The summed E-state index contributed by atoms with van der Waals surface area (Å²) in [7, 11) is 0. The van der Waals surface area contributed by atoms with Gasteiger partial charge in [0.1, 0.15) is 0 Å². The molecular formula is C21H23IrNO2S. The van der Waals surface area contributed by atoms with E-state index in [-0.39, 0.29) is 37.2 Å². The van der Waals surface area contributed by atoms with Crippen LogP contribution < -0.4 is 0 Å². The Kier molecular flexibility index (Phi) is 8.48. The number of aliphatic hydroxyl groups is 1. The molecular weight excluding hydrogens is 523 g/mol. The first-order chi connectivity index (χ1) is 11.8. The molecule has 26 heavy (non-hydrogen) atoms. The van der Waals surface area contributed by atoms with Crippen LogP contribution >= 0.6 is 11.8 Å². The van der Waals surface area contributed by atoms with Crippen molar-refractivity contribution < 1.29 is 30.0 Å². The summed E-state index contributed by atoms with van der Waals surface area (Å²) in [6.07, 6.45) is 1.28. The van der Waals surface area contributed by atoms with Crippen LogP contribution in [0.4, 0.5) is 0 Å². The molecule has 2 N–H and O–H groups in total. The number of carbonyl (C=O) groups excluding carboxylic acids is 1. The number of thioether (sulfide) groups is 1. The first-order valence-electron chi connectivity index (χ1n) is 8.03. The summed E-state index contributed by atoms with van der Waals surface area (Å²) in [4.78, 5) is 14.6. The van der Waals surface area contributed by atoms with Crippen LogP contribution in [-0.2, 0) is 25.6 Å². The number of rotatable bonds is 2. The fourth-order valence-electron chi connectivity index (χ4n) is 2.45. The average Bonchev–Trinajstić information content (AvgIpc) is 2.54. The van der Waals surface area contributed by atoms with E-state index in [0.717, 1.165) is 10.6 Å². The maximum atomic E-state index is 8.40. The minimum absolute atomic E-state index is 0. The Labute approximate surface area is 173 Å². The number of allylic oxidation sites excluding steroid dienone is 2. The Morgan fingerprint density at radius 1 is 1.15 bits per heavy atom.